The summed E-state index contributed by atoms with van der Waals surface area (Å²) in [6, 6.07) is 7.79. The van der Waals surface area contributed by atoms with Crippen LogP contribution in [0.3, 0.4) is 0 Å². The Kier molecular flexibility index (Phi) is 4.94. The minimum Gasteiger partial charge on any atom is -0.395 e. The largest absolute Gasteiger partial charge is 0.395 e. The second-order valence-electron chi connectivity index (χ2n) is 4.60. The van der Waals surface area contributed by atoms with E-state index in [-0.39, 0.29) is 6.61 Å². The highest BCUT2D eigenvalue weighted by molar-refractivity contribution is 5.57. The fourth-order valence-corrected chi connectivity index (χ4v) is 1.92. The number of benzene rings is 1. The zero-order valence-electron chi connectivity index (χ0n) is 11.5. The van der Waals surface area contributed by atoms with Gasteiger partial charge in [-0.3, -0.25) is 0 Å². The van der Waals surface area contributed by atoms with E-state index in [0.717, 1.165) is 17.0 Å². The number of imidazole rings is 1. The first-order valence-electron chi connectivity index (χ1n) is 6.60. The Bertz CT molecular complexity index is 603. The number of hydrogen-bond donors (Lipinski definition) is 2. The van der Waals surface area contributed by atoms with Gasteiger partial charge in [-0.05, 0) is 19.1 Å². The van der Waals surface area contributed by atoms with Crippen LogP contribution in [0.5, 0.6) is 0 Å². The second kappa shape index (κ2) is 6.90. The zero-order valence-corrected chi connectivity index (χ0v) is 11.5. The van der Waals surface area contributed by atoms with Crippen LogP contribution < -0.4 is 0 Å². The van der Waals surface area contributed by atoms with Crippen LogP contribution >= 0.6 is 0 Å². The highest BCUT2D eigenvalue weighted by atomic mass is 16.3. The molecule has 1 aromatic carbocycles. The molecule has 2 rings (SSSR count). The Morgan fingerprint density at radius 2 is 2.05 bits per heavy atom. The predicted molar refractivity (Wildman–Crippen MR) is 77.9 cm³/mol. The zero-order chi connectivity index (χ0) is 14.4. The van der Waals surface area contributed by atoms with Gasteiger partial charge in [0.1, 0.15) is 5.82 Å². The predicted octanol–water partition coefficient (Wildman–Crippen LogP) is 1.66. The van der Waals surface area contributed by atoms with Crippen molar-refractivity contribution >= 4 is 0 Å². The van der Waals surface area contributed by atoms with Crippen LogP contribution in [0, 0.1) is 11.8 Å². The van der Waals surface area contributed by atoms with E-state index >= 15 is 0 Å². The van der Waals surface area contributed by atoms with Gasteiger partial charge in [-0.25, -0.2) is 4.98 Å². The van der Waals surface area contributed by atoms with Gasteiger partial charge in [0.15, 0.2) is 0 Å². The molecular formula is C16H18N2O2. The van der Waals surface area contributed by atoms with Gasteiger partial charge in [-0.15, -0.1) is 0 Å². The first-order chi connectivity index (χ1) is 9.70. The molecule has 4 heteroatoms. The van der Waals surface area contributed by atoms with Crippen LogP contribution in [-0.2, 0) is 6.54 Å². The van der Waals surface area contributed by atoms with E-state index in [1.807, 2.05) is 35.0 Å². The molecule has 0 spiro atoms. The van der Waals surface area contributed by atoms with Crippen LogP contribution in [0.1, 0.15) is 18.9 Å². The first kappa shape index (κ1) is 14.3. The molecule has 1 heterocycles. The lowest BCUT2D eigenvalue weighted by atomic mass is 10.1. The average molecular weight is 270 g/mol. The summed E-state index contributed by atoms with van der Waals surface area (Å²) in [6.07, 6.45) is 3.66. The van der Waals surface area contributed by atoms with Crippen LogP contribution in [0.15, 0.2) is 36.7 Å². The summed E-state index contributed by atoms with van der Waals surface area (Å²) in [6.45, 7) is 2.36. The van der Waals surface area contributed by atoms with E-state index in [1.54, 1.807) is 13.1 Å². The lowest BCUT2D eigenvalue weighted by Gasteiger charge is -2.09. The molecule has 0 aliphatic carbocycles. The number of aromatic nitrogens is 2. The van der Waals surface area contributed by atoms with Crippen LogP contribution in [0.4, 0.5) is 0 Å². The number of aliphatic hydroxyl groups excluding tert-OH is 2. The summed E-state index contributed by atoms with van der Waals surface area (Å²) >= 11 is 0. The van der Waals surface area contributed by atoms with Gasteiger partial charge in [-0.1, -0.05) is 24.0 Å². The number of nitrogens with zero attached hydrogens (tertiary/aromatic N) is 2. The molecule has 1 atom stereocenters. The third-order valence-corrected chi connectivity index (χ3v) is 2.79. The SMILES string of the molecule is C[C@H](O)Cn1ccnc1-c1ccc(C#CCCO)cc1. The summed E-state index contributed by atoms with van der Waals surface area (Å²) in [5, 5.41) is 18.2. The fourth-order valence-electron chi connectivity index (χ4n) is 1.92. The molecule has 0 fully saturated rings. The van der Waals surface area contributed by atoms with Crippen molar-refractivity contribution in [1.29, 1.82) is 0 Å². The minimum atomic E-state index is -0.411. The monoisotopic (exact) mass is 270 g/mol. The van der Waals surface area contributed by atoms with E-state index < -0.39 is 6.10 Å². The van der Waals surface area contributed by atoms with Crippen molar-refractivity contribution < 1.29 is 10.2 Å². The molecule has 1 aromatic heterocycles. The third kappa shape index (κ3) is 3.70. The molecule has 0 saturated heterocycles. The summed E-state index contributed by atoms with van der Waals surface area (Å²) in [7, 11) is 0. The Labute approximate surface area is 118 Å². The molecule has 0 aliphatic rings. The lowest BCUT2D eigenvalue weighted by molar-refractivity contribution is 0.174. The number of hydrogen-bond acceptors (Lipinski definition) is 3. The Hall–Kier alpha value is -2.09. The quantitative estimate of drug-likeness (QED) is 0.831. The van der Waals surface area contributed by atoms with Crippen molar-refractivity contribution in [3.63, 3.8) is 0 Å². The van der Waals surface area contributed by atoms with Gasteiger partial charge in [0.25, 0.3) is 0 Å². The van der Waals surface area contributed by atoms with Crippen molar-refractivity contribution in [3.8, 4) is 23.2 Å². The molecule has 0 radical (unpaired) electrons. The Morgan fingerprint density at radius 1 is 1.30 bits per heavy atom. The van der Waals surface area contributed by atoms with E-state index in [9.17, 15) is 5.11 Å². The van der Waals surface area contributed by atoms with Gasteiger partial charge in [0.2, 0.25) is 0 Å². The lowest BCUT2D eigenvalue weighted by Crippen LogP contribution is -2.11. The van der Waals surface area contributed by atoms with E-state index in [1.165, 1.54) is 0 Å². The molecular weight excluding hydrogens is 252 g/mol. The minimum absolute atomic E-state index is 0.0852. The molecule has 2 aromatic rings. The maximum Gasteiger partial charge on any atom is 0.139 e. The van der Waals surface area contributed by atoms with Crippen molar-refractivity contribution in [1.82, 2.24) is 9.55 Å². The maximum atomic E-state index is 9.47. The molecule has 4 nitrogen and oxygen atoms in total. The molecule has 0 saturated carbocycles. The fraction of sp³-hybridized carbons (Fsp3) is 0.312. The van der Waals surface area contributed by atoms with Crippen molar-refractivity contribution in [2.45, 2.75) is 26.0 Å². The Morgan fingerprint density at radius 3 is 2.70 bits per heavy atom. The molecule has 0 amide bonds. The Balaban J connectivity index is 2.18. The molecule has 20 heavy (non-hydrogen) atoms. The van der Waals surface area contributed by atoms with Crippen molar-refractivity contribution in [2.75, 3.05) is 6.61 Å². The summed E-state index contributed by atoms with van der Waals surface area (Å²) in [5.74, 6) is 6.71. The first-order valence-corrected chi connectivity index (χ1v) is 6.60. The molecule has 104 valence electrons. The number of rotatable bonds is 4. The van der Waals surface area contributed by atoms with E-state index in [4.69, 9.17) is 5.11 Å². The molecule has 0 bridgehead atoms. The highest BCUT2D eigenvalue weighted by Crippen LogP contribution is 2.18. The van der Waals surface area contributed by atoms with Crippen LogP contribution in [0.2, 0.25) is 0 Å². The van der Waals surface area contributed by atoms with Crippen molar-refractivity contribution in [2.24, 2.45) is 0 Å². The van der Waals surface area contributed by atoms with Crippen LogP contribution in [-0.4, -0.2) is 32.5 Å². The average Bonchev–Trinajstić information content (AvgIpc) is 2.87. The van der Waals surface area contributed by atoms with Gasteiger partial charge in [0.05, 0.1) is 12.7 Å². The third-order valence-electron chi connectivity index (χ3n) is 2.79. The summed E-state index contributed by atoms with van der Waals surface area (Å²) < 4.78 is 1.93. The summed E-state index contributed by atoms with van der Waals surface area (Å²) in [5.41, 5.74) is 1.90. The smallest absolute Gasteiger partial charge is 0.139 e. The van der Waals surface area contributed by atoms with E-state index in [2.05, 4.69) is 16.8 Å². The summed E-state index contributed by atoms with van der Waals surface area (Å²) in [4.78, 5) is 4.33. The normalized spacial score (nSPS) is 11.8. The maximum absolute atomic E-state index is 9.47. The topological polar surface area (TPSA) is 58.3 Å². The second-order valence-corrected chi connectivity index (χ2v) is 4.60. The van der Waals surface area contributed by atoms with Gasteiger partial charge < -0.3 is 14.8 Å². The number of aliphatic hydroxyl groups is 2. The molecule has 0 unspecified atom stereocenters. The van der Waals surface area contributed by atoms with Crippen LogP contribution in [0.25, 0.3) is 11.4 Å². The van der Waals surface area contributed by atoms with E-state index in [0.29, 0.717) is 13.0 Å². The molecule has 0 aliphatic heterocycles. The molecule has 2 N–H and O–H groups in total. The van der Waals surface area contributed by atoms with Gasteiger partial charge >= 0.3 is 0 Å². The van der Waals surface area contributed by atoms with Gasteiger partial charge in [0, 0.05) is 36.5 Å². The van der Waals surface area contributed by atoms with Crippen molar-refractivity contribution in [3.05, 3.63) is 42.2 Å². The van der Waals surface area contributed by atoms with Gasteiger partial charge in [-0.2, -0.15) is 0 Å². The highest BCUT2D eigenvalue weighted by Gasteiger charge is 2.07. The standard InChI is InChI=1S/C16H18N2O2/c1-13(20)12-18-10-9-17-16(18)15-7-5-14(6-8-15)4-2-3-11-19/h5-10,13,19-20H,3,11-12H2,1H3/t13-/m0/s1.